The number of aliphatic hydroxyl groups is 1. The van der Waals surface area contributed by atoms with Crippen LogP contribution in [-0.4, -0.2) is 25.1 Å². The summed E-state index contributed by atoms with van der Waals surface area (Å²) >= 11 is 0. The van der Waals surface area contributed by atoms with E-state index in [1.54, 1.807) is 62.8 Å². The van der Waals surface area contributed by atoms with Crippen molar-refractivity contribution in [3.05, 3.63) is 154 Å². The Morgan fingerprint density at radius 2 is 1.46 bits per heavy atom. The molecule has 2 aliphatic rings. The van der Waals surface area contributed by atoms with Crippen molar-refractivity contribution in [3.8, 4) is 22.8 Å². The number of allylic oxidation sites excluding steroid dienone is 7. The minimum atomic E-state index is -0.373. The van der Waals surface area contributed by atoms with Crippen LogP contribution in [0.5, 0.6) is 11.5 Å². The first-order valence-electron chi connectivity index (χ1n) is 15.5. The Morgan fingerprint density at radius 1 is 0.833 bits per heavy atom. The number of ether oxygens (including phenoxy) is 3. The maximum absolute atomic E-state index is 13.8. The van der Waals surface area contributed by atoms with Crippen molar-refractivity contribution >= 4 is 22.9 Å². The Kier molecular flexibility index (Phi) is 8.63. The highest BCUT2D eigenvalue weighted by Gasteiger charge is 2.36. The second kappa shape index (κ2) is 12.8. The number of aliphatic hydroxyl groups excluding tert-OH is 1. The molecule has 0 amide bonds. The van der Waals surface area contributed by atoms with Crippen LogP contribution in [0.2, 0.25) is 0 Å². The van der Waals surface area contributed by atoms with Gasteiger partial charge < -0.3 is 19.3 Å². The van der Waals surface area contributed by atoms with Gasteiger partial charge in [0.2, 0.25) is 5.78 Å². The third-order valence-electron chi connectivity index (χ3n) is 8.25. The lowest BCUT2D eigenvalue weighted by molar-refractivity contribution is -0.113. The molecule has 1 aromatic heterocycles. The fraction of sp³-hybridized carbons (Fsp3) is 0.171. The van der Waals surface area contributed by atoms with Crippen LogP contribution < -0.4 is 9.47 Å². The third-order valence-corrected chi connectivity index (χ3v) is 8.25. The number of Topliss-reactive ketones (excluding diaryl/α,β-unsaturated/α-hetero) is 1. The lowest BCUT2D eigenvalue weighted by Gasteiger charge is -2.23. The van der Waals surface area contributed by atoms with Gasteiger partial charge in [0.25, 0.3) is 0 Å². The van der Waals surface area contributed by atoms with E-state index in [1.807, 2.05) is 49.4 Å². The van der Waals surface area contributed by atoms with Gasteiger partial charge in [-0.3, -0.25) is 4.79 Å². The van der Waals surface area contributed by atoms with Crippen molar-refractivity contribution in [3.63, 3.8) is 0 Å². The number of carbonyl (C=O) groups excluding carboxylic acids is 1. The zero-order chi connectivity index (χ0) is 34.2. The Hall–Kier alpha value is -5.69. The summed E-state index contributed by atoms with van der Waals surface area (Å²) in [6.45, 7) is 8.02. The van der Waals surface area contributed by atoms with Crippen molar-refractivity contribution in [2.24, 2.45) is 0 Å². The summed E-state index contributed by atoms with van der Waals surface area (Å²) in [6.07, 6.45) is 5.15. The van der Waals surface area contributed by atoms with E-state index in [1.165, 1.54) is 12.1 Å². The average molecular weight is 644 g/mol. The molecule has 242 valence electrons. The molecule has 0 atom stereocenters. The average Bonchev–Trinajstić information content (AvgIpc) is 3.10. The number of benzene rings is 3. The normalized spacial score (nSPS) is 16.6. The molecule has 48 heavy (non-hydrogen) atoms. The minimum Gasteiger partial charge on any atom is -0.506 e. The monoisotopic (exact) mass is 643 g/mol. The SMILES string of the molecule is COc1cc(OC)cc(C2=CC(=CC3=C(O)C(=C(C)c4cc(-c5ccccc5)[o+]c(C(C)(C)C)c4)C3=O)C=C(c3ccc(F)cc3)O2)c1. The first-order valence-corrected chi connectivity index (χ1v) is 15.5. The van der Waals surface area contributed by atoms with Gasteiger partial charge in [-0.25, -0.2) is 8.81 Å². The first kappa shape index (κ1) is 32.3. The second-order valence-electron chi connectivity index (χ2n) is 12.7. The van der Waals surface area contributed by atoms with E-state index in [-0.39, 0.29) is 33.9 Å². The molecule has 6 rings (SSSR count). The van der Waals surface area contributed by atoms with E-state index >= 15 is 0 Å². The number of carbonyl (C=O) groups is 1. The van der Waals surface area contributed by atoms with Crippen molar-refractivity contribution in [2.75, 3.05) is 14.2 Å². The number of halogens is 1. The molecule has 0 saturated heterocycles. The number of hydrogen-bond acceptors (Lipinski definition) is 5. The molecule has 1 aliphatic heterocycles. The lowest BCUT2D eigenvalue weighted by Crippen LogP contribution is -2.22. The fourth-order valence-corrected chi connectivity index (χ4v) is 5.50. The summed E-state index contributed by atoms with van der Waals surface area (Å²) in [7, 11) is 3.12. The number of methoxy groups -OCH3 is 2. The van der Waals surface area contributed by atoms with Gasteiger partial charge in [0.1, 0.15) is 34.6 Å². The number of rotatable bonds is 7. The first-order chi connectivity index (χ1) is 22.9. The van der Waals surface area contributed by atoms with Crippen LogP contribution in [0.25, 0.3) is 28.4 Å². The van der Waals surface area contributed by atoms with Crippen molar-refractivity contribution in [1.29, 1.82) is 0 Å². The summed E-state index contributed by atoms with van der Waals surface area (Å²) in [6, 6.07) is 24.9. The molecule has 2 heterocycles. The predicted molar refractivity (Wildman–Crippen MR) is 186 cm³/mol. The Bertz CT molecular complexity index is 2050. The van der Waals surface area contributed by atoms with Crippen LogP contribution in [0, 0.1) is 5.82 Å². The molecule has 0 saturated carbocycles. The quantitative estimate of drug-likeness (QED) is 0.160. The molecule has 7 heteroatoms. The van der Waals surface area contributed by atoms with E-state index in [9.17, 15) is 14.3 Å². The molecule has 0 spiro atoms. The highest BCUT2D eigenvalue weighted by Crippen LogP contribution is 2.41. The summed E-state index contributed by atoms with van der Waals surface area (Å²) in [4.78, 5) is 13.7. The second-order valence-corrected chi connectivity index (χ2v) is 12.7. The van der Waals surface area contributed by atoms with Gasteiger partial charge in [-0.2, -0.15) is 0 Å². The molecule has 1 N–H and O–H groups in total. The largest absolute Gasteiger partial charge is 0.506 e. The van der Waals surface area contributed by atoms with E-state index in [4.69, 9.17) is 18.6 Å². The molecule has 0 fully saturated rings. The molecule has 1 aliphatic carbocycles. The Labute approximate surface area is 279 Å². The standard InChI is InChI=1S/C41H35FO6/c1-24(28-21-36(26-10-8-7-9-11-26)48-37(22-28)41(2,3)4)38-39(43)33(40(38)44)16-25-17-34(27-12-14-30(42)15-13-27)47-35(18-25)29-19-31(45-5)23-32(20-29)46-6/h7-23H,1-6H3/p+1. The molecule has 0 radical (unpaired) electrons. The summed E-state index contributed by atoms with van der Waals surface area (Å²) < 4.78 is 37.3. The zero-order valence-electron chi connectivity index (χ0n) is 27.7. The van der Waals surface area contributed by atoms with E-state index < -0.39 is 0 Å². The number of ketones is 1. The smallest absolute Gasteiger partial charge is 0.360 e. The van der Waals surface area contributed by atoms with Crippen LogP contribution in [0.1, 0.15) is 50.1 Å². The van der Waals surface area contributed by atoms with Crippen LogP contribution >= 0.6 is 0 Å². The van der Waals surface area contributed by atoms with Crippen LogP contribution in [0.3, 0.4) is 0 Å². The lowest BCUT2D eigenvalue weighted by atomic mass is 9.81. The van der Waals surface area contributed by atoms with Gasteiger partial charge in [-0.05, 0) is 111 Å². The molecule has 4 aromatic rings. The van der Waals surface area contributed by atoms with Gasteiger partial charge in [0, 0.05) is 23.3 Å². The maximum Gasteiger partial charge on any atom is 0.360 e. The molecule has 0 bridgehead atoms. The predicted octanol–water partition coefficient (Wildman–Crippen LogP) is 9.89. The zero-order valence-corrected chi connectivity index (χ0v) is 27.7. The fourth-order valence-electron chi connectivity index (χ4n) is 5.50. The van der Waals surface area contributed by atoms with Crippen LogP contribution in [0.4, 0.5) is 4.39 Å². The molecular weight excluding hydrogens is 607 g/mol. The molecule has 3 aromatic carbocycles. The maximum atomic E-state index is 13.8. The summed E-state index contributed by atoms with van der Waals surface area (Å²) in [5, 5.41) is 11.3. The van der Waals surface area contributed by atoms with Gasteiger partial charge in [0.05, 0.1) is 42.4 Å². The van der Waals surface area contributed by atoms with Gasteiger partial charge in [-0.15, -0.1) is 0 Å². The van der Waals surface area contributed by atoms with E-state index in [0.717, 1.165) is 16.9 Å². The molecular formula is C41H36FO6+. The van der Waals surface area contributed by atoms with E-state index in [0.29, 0.717) is 51.1 Å². The minimum absolute atomic E-state index is 0.0921. The Morgan fingerprint density at radius 3 is 2.04 bits per heavy atom. The highest BCUT2D eigenvalue weighted by atomic mass is 19.1. The van der Waals surface area contributed by atoms with Gasteiger partial charge in [0.15, 0.2) is 0 Å². The topological polar surface area (TPSA) is 76.3 Å². The van der Waals surface area contributed by atoms with Crippen molar-refractivity contribution < 1.29 is 32.9 Å². The van der Waals surface area contributed by atoms with Gasteiger partial charge >= 0.3 is 11.5 Å². The van der Waals surface area contributed by atoms with Gasteiger partial charge in [-0.1, -0.05) is 18.2 Å². The highest BCUT2D eigenvalue weighted by molar-refractivity contribution is 6.24. The molecule has 0 unspecified atom stereocenters. The summed E-state index contributed by atoms with van der Waals surface area (Å²) in [5.41, 5.74) is 4.37. The summed E-state index contributed by atoms with van der Waals surface area (Å²) in [5.74, 6) is 2.70. The van der Waals surface area contributed by atoms with E-state index in [2.05, 4.69) is 20.8 Å². The molecule has 6 nitrogen and oxygen atoms in total. The van der Waals surface area contributed by atoms with Crippen LogP contribution in [-0.2, 0) is 14.9 Å². The van der Waals surface area contributed by atoms with Crippen LogP contribution in [0.15, 0.2) is 130 Å². The van der Waals surface area contributed by atoms with Crippen molar-refractivity contribution in [2.45, 2.75) is 33.1 Å². The third kappa shape index (κ3) is 6.45. The number of hydrogen-bond donors (Lipinski definition) is 1. The Balaban J connectivity index is 1.44. The van der Waals surface area contributed by atoms with Crippen molar-refractivity contribution in [1.82, 2.24) is 0 Å².